The fraction of sp³-hybridized carbons (Fsp3) is 0.312. The van der Waals surface area contributed by atoms with E-state index in [1.807, 2.05) is 0 Å². The van der Waals surface area contributed by atoms with E-state index in [2.05, 4.69) is 184 Å². The Morgan fingerprint density at radius 3 is 0.882 bits per heavy atom. The van der Waals surface area contributed by atoms with E-state index in [0.717, 1.165) is 11.8 Å². The summed E-state index contributed by atoms with van der Waals surface area (Å²) in [6.45, 7) is 20.7. The van der Waals surface area contributed by atoms with Gasteiger partial charge in [0.2, 0.25) is 0 Å². The molecule has 2 aliphatic carbocycles. The zero-order valence-electron chi connectivity index (χ0n) is 42.6. The third kappa shape index (κ3) is 13.3. The molecular weight excluding hydrogens is 959 g/mol. The minimum atomic E-state index is 0. The summed E-state index contributed by atoms with van der Waals surface area (Å²) in [4.78, 5) is 0. The SMILES string of the molecule is Cc1cc(C)cc(-c2ccc(-c3cc(C)cc(C)c3)c3[cH-]c(CC4CCCC4)cc23)c1.Cc1cc(C)cc(-c2ccc(-c3cc(C)cc(C)c3)c3[cH-]c(CC4CCCC4)cc23)c1.Cl.Cl.[CH3-].[CH3-].[Si]=[Zr]. The van der Waals surface area contributed by atoms with Crippen molar-refractivity contribution in [3.63, 3.8) is 0 Å². The predicted octanol–water partition coefficient (Wildman–Crippen LogP) is 19.1. The Balaban J connectivity index is 0.000000271. The molecule has 8 aromatic rings. The molecule has 0 spiro atoms. The molecule has 2 fully saturated rings. The second-order valence-electron chi connectivity index (χ2n) is 19.9. The van der Waals surface area contributed by atoms with Crippen molar-refractivity contribution >= 4 is 53.2 Å². The average molecular weight is 1030 g/mol. The number of halogens is 2. The third-order valence-corrected chi connectivity index (χ3v) is 14.0. The molecule has 2 aliphatic rings. The van der Waals surface area contributed by atoms with Crippen LogP contribution in [0.4, 0.5) is 0 Å². The van der Waals surface area contributed by atoms with Crippen LogP contribution in [0.3, 0.4) is 0 Å². The number of aryl methyl sites for hydroxylation is 8. The summed E-state index contributed by atoms with van der Waals surface area (Å²) in [5.41, 5.74) is 24.5. The van der Waals surface area contributed by atoms with Crippen LogP contribution in [-0.2, 0) is 36.2 Å². The first-order valence-corrected chi connectivity index (χ1v) is 28.2. The van der Waals surface area contributed by atoms with Crippen molar-refractivity contribution in [3.8, 4) is 44.5 Å². The summed E-state index contributed by atoms with van der Waals surface area (Å²) in [6, 6.07) is 47.1. The van der Waals surface area contributed by atoms with Crippen molar-refractivity contribution in [2.24, 2.45) is 11.8 Å². The molecule has 0 atom stereocenters. The minimum absolute atomic E-state index is 0. The van der Waals surface area contributed by atoms with Gasteiger partial charge < -0.3 is 14.9 Å². The zero-order valence-corrected chi connectivity index (χ0v) is 47.7. The maximum absolute atomic E-state index is 3.06. The summed E-state index contributed by atoms with van der Waals surface area (Å²) in [7, 11) is 0. The van der Waals surface area contributed by atoms with E-state index in [-0.39, 0.29) is 39.7 Å². The third-order valence-electron chi connectivity index (χ3n) is 14.0. The van der Waals surface area contributed by atoms with Crippen molar-refractivity contribution in [2.45, 2.75) is 120 Å². The topological polar surface area (TPSA) is 0 Å². The Morgan fingerprint density at radius 1 is 0.382 bits per heavy atom. The molecular formula is C64H74Cl2SiZr-4. The molecule has 0 nitrogen and oxygen atoms in total. The molecule has 68 heavy (non-hydrogen) atoms. The van der Waals surface area contributed by atoms with Gasteiger partial charge in [-0.2, -0.15) is 12.1 Å². The van der Waals surface area contributed by atoms with Gasteiger partial charge in [-0.3, -0.25) is 0 Å². The number of hydrogen-bond donors (Lipinski definition) is 0. The van der Waals surface area contributed by atoms with E-state index in [0.29, 0.717) is 0 Å². The molecule has 8 aromatic carbocycles. The van der Waals surface area contributed by atoms with Crippen LogP contribution in [0.2, 0.25) is 0 Å². The Hall–Kier alpha value is -3.78. The summed E-state index contributed by atoms with van der Waals surface area (Å²) < 4.78 is 0. The Labute approximate surface area is 440 Å². The van der Waals surface area contributed by atoms with Gasteiger partial charge in [-0.15, -0.1) is 69.6 Å². The molecule has 0 unspecified atom stereocenters. The average Bonchev–Trinajstić information content (AvgIpc) is 4.09. The fourth-order valence-corrected chi connectivity index (χ4v) is 11.6. The standard InChI is InChI=1S/2C31H33.2CH3.2ClH.Si.Zr/c2*1-20-11-21(2)14-26(13-20)28-9-10-29(27-15-22(3)12-23(4)16-27)31-19-25(18-30(28)31)17-24-7-5-6-8-24;;;;;;/h2*9-16,18-19,24H,5-8,17H2,1-4H3;2*1H3;2*1H;;/q4*-1;;;;. The van der Waals surface area contributed by atoms with Crippen LogP contribution in [-0.4, -0.2) is 6.88 Å². The number of hydrogen-bond acceptors (Lipinski definition) is 0. The van der Waals surface area contributed by atoms with Gasteiger partial charge in [-0.1, -0.05) is 226 Å². The van der Waals surface area contributed by atoms with Gasteiger partial charge in [-0.25, -0.2) is 0 Å². The zero-order chi connectivity index (χ0) is 45.1. The van der Waals surface area contributed by atoms with Gasteiger partial charge in [-0.05, 0) is 91.2 Å². The molecule has 356 valence electrons. The van der Waals surface area contributed by atoms with Crippen molar-refractivity contribution in [1.82, 2.24) is 0 Å². The first-order chi connectivity index (χ1) is 30.9. The van der Waals surface area contributed by atoms with E-state index in [1.54, 1.807) is 0 Å². The van der Waals surface area contributed by atoms with Gasteiger partial charge in [0.25, 0.3) is 0 Å². The monoisotopic (exact) mass is 1030 g/mol. The molecule has 0 saturated heterocycles. The number of benzene rings is 6. The van der Waals surface area contributed by atoms with Crippen LogP contribution in [0, 0.1) is 82.1 Å². The Morgan fingerprint density at radius 2 is 0.618 bits per heavy atom. The van der Waals surface area contributed by atoms with Crippen LogP contribution in [0.5, 0.6) is 0 Å². The van der Waals surface area contributed by atoms with Crippen LogP contribution >= 0.6 is 24.8 Å². The maximum atomic E-state index is 3.06. The van der Waals surface area contributed by atoms with Gasteiger partial charge in [0.1, 0.15) is 0 Å². The molecule has 2 radical (unpaired) electrons. The molecule has 0 heterocycles. The van der Waals surface area contributed by atoms with Crippen LogP contribution in [0.15, 0.2) is 121 Å². The summed E-state index contributed by atoms with van der Waals surface area (Å²) >= 11 is 1.36. The fourth-order valence-electron chi connectivity index (χ4n) is 11.6. The Kier molecular flexibility index (Phi) is 21.2. The van der Waals surface area contributed by atoms with Crippen molar-refractivity contribution in [3.05, 3.63) is 192 Å². The molecule has 4 heteroatoms. The van der Waals surface area contributed by atoms with Crippen LogP contribution in [0.25, 0.3) is 66.1 Å². The molecule has 0 aliphatic heterocycles. The van der Waals surface area contributed by atoms with Crippen molar-refractivity contribution in [2.75, 3.05) is 0 Å². The number of rotatable bonds is 8. The number of fused-ring (bicyclic) bond motifs is 2. The van der Waals surface area contributed by atoms with E-state index < -0.39 is 0 Å². The van der Waals surface area contributed by atoms with E-state index in [1.165, 1.54) is 209 Å². The normalized spacial score (nSPS) is 13.3. The van der Waals surface area contributed by atoms with Crippen molar-refractivity contribution in [1.29, 1.82) is 0 Å². The molecule has 2 saturated carbocycles. The molecule has 0 aromatic heterocycles. The predicted molar refractivity (Wildman–Crippen MR) is 303 cm³/mol. The second-order valence-corrected chi connectivity index (χ2v) is 19.9. The molecule has 0 bridgehead atoms. The first kappa shape index (κ1) is 56.8. The van der Waals surface area contributed by atoms with Crippen LogP contribution < -0.4 is 0 Å². The van der Waals surface area contributed by atoms with Gasteiger partial charge >= 0.3 is 30.2 Å². The molecule has 10 rings (SSSR count). The first-order valence-electron chi connectivity index (χ1n) is 24.0. The molecule has 0 N–H and O–H groups in total. The van der Waals surface area contributed by atoms with Gasteiger partial charge in [0.15, 0.2) is 0 Å². The second kappa shape index (κ2) is 25.4. The van der Waals surface area contributed by atoms with E-state index in [9.17, 15) is 0 Å². The van der Waals surface area contributed by atoms with Gasteiger partial charge in [0, 0.05) is 0 Å². The molecule has 0 amide bonds. The van der Waals surface area contributed by atoms with E-state index in [4.69, 9.17) is 0 Å². The van der Waals surface area contributed by atoms with Crippen molar-refractivity contribution < 1.29 is 23.3 Å². The van der Waals surface area contributed by atoms with E-state index >= 15 is 0 Å². The summed E-state index contributed by atoms with van der Waals surface area (Å²) in [5, 5.41) is 5.65. The Bertz CT molecular complexity index is 2480. The quantitative estimate of drug-likeness (QED) is 0.105. The summed E-state index contributed by atoms with van der Waals surface area (Å²) in [6.07, 6.45) is 13.7. The van der Waals surface area contributed by atoms with Gasteiger partial charge in [0.05, 0.1) is 0 Å². The van der Waals surface area contributed by atoms with Crippen LogP contribution in [0.1, 0.15) is 107 Å². The summed E-state index contributed by atoms with van der Waals surface area (Å²) in [5.74, 6) is 1.73.